The summed E-state index contributed by atoms with van der Waals surface area (Å²) in [4.78, 5) is 12.2. The molecule has 1 atom stereocenters. The van der Waals surface area contributed by atoms with Gasteiger partial charge in [-0.15, -0.1) is 0 Å². The van der Waals surface area contributed by atoms with E-state index in [1.165, 1.54) is 7.11 Å². The maximum Gasteiger partial charge on any atom is 0.238 e. The van der Waals surface area contributed by atoms with Crippen LogP contribution in [0.3, 0.4) is 0 Å². The molecular formula is C18H20Cl2N2O3. The van der Waals surface area contributed by atoms with Gasteiger partial charge in [-0.2, -0.15) is 0 Å². The Kier molecular flexibility index (Phi) is 6.93. The molecule has 0 unspecified atom stereocenters. The van der Waals surface area contributed by atoms with Gasteiger partial charge >= 0.3 is 0 Å². The van der Waals surface area contributed by atoms with Crippen LogP contribution in [0.2, 0.25) is 10.0 Å². The number of ether oxygens (including phenoxy) is 2. The predicted molar refractivity (Wildman–Crippen MR) is 101 cm³/mol. The van der Waals surface area contributed by atoms with Gasteiger partial charge in [0.2, 0.25) is 5.91 Å². The Morgan fingerprint density at radius 3 is 2.52 bits per heavy atom. The summed E-state index contributed by atoms with van der Waals surface area (Å²) in [5.74, 6) is 0.987. The summed E-state index contributed by atoms with van der Waals surface area (Å²) in [6.07, 6.45) is 0. The molecule has 2 rings (SSSR count). The van der Waals surface area contributed by atoms with E-state index in [-0.39, 0.29) is 18.5 Å². The fourth-order valence-electron chi connectivity index (χ4n) is 2.30. The molecular weight excluding hydrogens is 363 g/mol. The van der Waals surface area contributed by atoms with Gasteiger partial charge in [0.15, 0.2) is 0 Å². The van der Waals surface area contributed by atoms with Crippen molar-refractivity contribution in [2.24, 2.45) is 0 Å². The second kappa shape index (κ2) is 8.94. The molecule has 0 fully saturated rings. The van der Waals surface area contributed by atoms with Crippen LogP contribution in [0, 0.1) is 0 Å². The lowest BCUT2D eigenvalue weighted by Crippen LogP contribution is -2.30. The van der Waals surface area contributed by atoms with Crippen molar-refractivity contribution in [1.82, 2.24) is 5.32 Å². The van der Waals surface area contributed by atoms with E-state index in [2.05, 4.69) is 10.6 Å². The third kappa shape index (κ3) is 5.26. The Bertz CT molecular complexity index is 753. The highest BCUT2D eigenvalue weighted by atomic mass is 35.5. The summed E-state index contributed by atoms with van der Waals surface area (Å²) in [6, 6.07) is 10.4. The monoisotopic (exact) mass is 382 g/mol. The summed E-state index contributed by atoms with van der Waals surface area (Å²) in [6.45, 7) is 2.05. The molecule has 2 N–H and O–H groups in total. The fourth-order valence-corrected chi connectivity index (χ4v) is 2.88. The summed E-state index contributed by atoms with van der Waals surface area (Å²) in [7, 11) is 3.10. The minimum atomic E-state index is -0.194. The van der Waals surface area contributed by atoms with E-state index in [0.29, 0.717) is 27.2 Å². The lowest BCUT2D eigenvalue weighted by Gasteiger charge is -2.16. The minimum absolute atomic E-state index is 0.103. The smallest absolute Gasteiger partial charge is 0.238 e. The van der Waals surface area contributed by atoms with Crippen LogP contribution in [0.1, 0.15) is 18.5 Å². The van der Waals surface area contributed by atoms with E-state index < -0.39 is 0 Å². The van der Waals surface area contributed by atoms with Crippen molar-refractivity contribution in [3.63, 3.8) is 0 Å². The van der Waals surface area contributed by atoms with Crippen molar-refractivity contribution in [1.29, 1.82) is 0 Å². The number of carbonyl (C=O) groups excluding carboxylic acids is 1. The van der Waals surface area contributed by atoms with Crippen LogP contribution in [0.15, 0.2) is 36.4 Å². The molecule has 134 valence electrons. The van der Waals surface area contributed by atoms with Crippen LogP contribution in [0.4, 0.5) is 5.69 Å². The number of nitrogens with one attached hydrogen (secondary N) is 2. The first-order valence-electron chi connectivity index (χ1n) is 7.64. The number of hydrogen-bond donors (Lipinski definition) is 2. The molecule has 7 heteroatoms. The Balaban J connectivity index is 1.96. The highest BCUT2D eigenvalue weighted by Crippen LogP contribution is 2.29. The van der Waals surface area contributed by atoms with Crippen LogP contribution in [-0.2, 0) is 4.79 Å². The standard InChI is InChI=1S/C18H20Cl2N2O3/c1-11(14-6-4-12(19)8-15(14)20)21-10-18(23)22-16-7-5-13(24-2)9-17(16)25-3/h4-9,11,21H,10H2,1-3H3,(H,22,23)/t11-/m0/s1. The van der Waals surface area contributed by atoms with Crippen LogP contribution >= 0.6 is 23.2 Å². The van der Waals surface area contributed by atoms with E-state index in [9.17, 15) is 4.79 Å². The zero-order valence-corrected chi connectivity index (χ0v) is 15.7. The van der Waals surface area contributed by atoms with Crippen molar-refractivity contribution in [3.8, 4) is 11.5 Å². The largest absolute Gasteiger partial charge is 0.497 e. The number of amides is 1. The highest BCUT2D eigenvalue weighted by molar-refractivity contribution is 6.35. The molecule has 0 radical (unpaired) electrons. The van der Waals surface area contributed by atoms with Gasteiger partial charge in [-0.25, -0.2) is 0 Å². The quantitative estimate of drug-likeness (QED) is 0.749. The minimum Gasteiger partial charge on any atom is -0.497 e. The third-order valence-electron chi connectivity index (χ3n) is 3.68. The number of hydrogen-bond acceptors (Lipinski definition) is 4. The lowest BCUT2D eigenvalue weighted by molar-refractivity contribution is -0.115. The van der Waals surface area contributed by atoms with Gasteiger partial charge in [0, 0.05) is 22.2 Å². The number of benzene rings is 2. The topological polar surface area (TPSA) is 59.6 Å². The van der Waals surface area contributed by atoms with Gasteiger partial charge in [0.05, 0.1) is 26.5 Å². The lowest BCUT2D eigenvalue weighted by atomic mass is 10.1. The SMILES string of the molecule is COc1ccc(NC(=O)CN[C@@H](C)c2ccc(Cl)cc2Cl)c(OC)c1. The van der Waals surface area contributed by atoms with Crippen LogP contribution < -0.4 is 20.1 Å². The predicted octanol–water partition coefficient (Wildman–Crippen LogP) is 4.30. The molecule has 0 heterocycles. The molecule has 0 saturated carbocycles. The van der Waals surface area contributed by atoms with Crippen molar-refractivity contribution in [2.45, 2.75) is 13.0 Å². The Labute approximate surface area is 157 Å². The van der Waals surface area contributed by atoms with Crippen LogP contribution in [-0.4, -0.2) is 26.7 Å². The van der Waals surface area contributed by atoms with Crippen LogP contribution in [0.25, 0.3) is 0 Å². The maximum atomic E-state index is 12.2. The summed E-state index contributed by atoms with van der Waals surface area (Å²) >= 11 is 12.1. The van der Waals surface area contributed by atoms with Crippen molar-refractivity contribution < 1.29 is 14.3 Å². The first-order valence-corrected chi connectivity index (χ1v) is 8.40. The van der Waals surface area contributed by atoms with Gasteiger partial charge < -0.3 is 20.1 Å². The normalized spacial score (nSPS) is 11.7. The maximum absolute atomic E-state index is 12.2. The number of carbonyl (C=O) groups is 1. The molecule has 0 saturated heterocycles. The second-order valence-electron chi connectivity index (χ2n) is 5.38. The Hall–Kier alpha value is -1.95. The molecule has 0 bridgehead atoms. The van der Waals surface area contributed by atoms with E-state index in [0.717, 1.165) is 5.56 Å². The first-order chi connectivity index (χ1) is 11.9. The van der Waals surface area contributed by atoms with E-state index in [1.807, 2.05) is 13.0 Å². The zero-order valence-electron chi connectivity index (χ0n) is 14.2. The Morgan fingerprint density at radius 1 is 1.12 bits per heavy atom. The van der Waals surface area contributed by atoms with Gasteiger partial charge in [-0.05, 0) is 36.8 Å². The van der Waals surface area contributed by atoms with Gasteiger partial charge in [-0.3, -0.25) is 4.79 Å². The van der Waals surface area contributed by atoms with Gasteiger partial charge in [0.1, 0.15) is 11.5 Å². The average molecular weight is 383 g/mol. The first kappa shape index (κ1) is 19.4. The molecule has 2 aromatic rings. The molecule has 5 nitrogen and oxygen atoms in total. The van der Waals surface area contributed by atoms with Crippen molar-refractivity contribution in [3.05, 3.63) is 52.0 Å². The number of methoxy groups -OCH3 is 2. The molecule has 0 aliphatic rings. The molecule has 0 aliphatic carbocycles. The van der Waals surface area contributed by atoms with Crippen LogP contribution in [0.5, 0.6) is 11.5 Å². The summed E-state index contributed by atoms with van der Waals surface area (Å²) in [5, 5.41) is 7.08. The zero-order chi connectivity index (χ0) is 18.4. The molecule has 25 heavy (non-hydrogen) atoms. The second-order valence-corrected chi connectivity index (χ2v) is 6.23. The highest BCUT2D eigenvalue weighted by Gasteiger charge is 2.13. The third-order valence-corrected chi connectivity index (χ3v) is 4.24. The number of anilines is 1. The Morgan fingerprint density at radius 2 is 1.88 bits per heavy atom. The molecule has 0 aromatic heterocycles. The van der Waals surface area contributed by atoms with Gasteiger partial charge in [-0.1, -0.05) is 29.3 Å². The van der Waals surface area contributed by atoms with E-state index >= 15 is 0 Å². The van der Waals surface area contributed by atoms with Crippen molar-refractivity contribution >= 4 is 34.8 Å². The molecule has 1 amide bonds. The number of halogens is 2. The fraction of sp³-hybridized carbons (Fsp3) is 0.278. The summed E-state index contributed by atoms with van der Waals surface area (Å²) in [5.41, 5.74) is 1.45. The average Bonchev–Trinajstić information content (AvgIpc) is 2.60. The summed E-state index contributed by atoms with van der Waals surface area (Å²) < 4.78 is 10.4. The number of rotatable bonds is 7. The van der Waals surface area contributed by atoms with E-state index in [1.54, 1.807) is 37.4 Å². The van der Waals surface area contributed by atoms with Crippen molar-refractivity contribution in [2.75, 3.05) is 26.1 Å². The molecule has 0 aliphatic heterocycles. The molecule has 0 spiro atoms. The van der Waals surface area contributed by atoms with E-state index in [4.69, 9.17) is 32.7 Å². The van der Waals surface area contributed by atoms with Gasteiger partial charge in [0.25, 0.3) is 0 Å². The molecule has 2 aromatic carbocycles.